The Morgan fingerprint density at radius 1 is 0.963 bits per heavy atom. The van der Waals surface area contributed by atoms with Crippen molar-refractivity contribution in [1.29, 1.82) is 0 Å². The van der Waals surface area contributed by atoms with Gasteiger partial charge in [0.25, 0.3) is 0 Å². The van der Waals surface area contributed by atoms with Crippen molar-refractivity contribution in [3.05, 3.63) is 35.9 Å². The molecule has 0 saturated carbocycles. The average Bonchev–Trinajstić information content (AvgIpc) is 2.68. The highest BCUT2D eigenvalue weighted by Gasteiger charge is 2.36. The van der Waals surface area contributed by atoms with Crippen LogP contribution in [0.4, 0.5) is 0 Å². The number of unbranched alkanes of at least 4 members (excludes halogenated alkanes) is 5. The van der Waals surface area contributed by atoms with Crippen LogP contribution in [0.15, 0.2) is 30.3 Å². The van der Waals surface area contributed by atoms with Crippen LogP contribution in [0.2, 0.25) is 0 Å². The molecular formula is C23H35NO2S. The first-order valence-electron chi connectivity index (χ1n) is 10.8. The standard InChI is InChI=1S/C23H35NO2S/c1-3-5-6-7-8-12-16-20(13-4-2)27-24-22(25)18-17-21(23(24)26)19-14-10-9-11-15-19/h9-11,14-15,20-21H,3-8,12-13,16-18H2,1-2H3. The van der Waals surface area contributed by atoms with Crippen LogP contribution in [-0.4, -0.2) is 21.4 Å². The van der Waals surface area contributed by atoms with Crippen molar-refractivity contribution >= 4 is 23.8 Å². The molecule has 0 aromatic heterocycles. The van der Waals surface area contributed by atoms with E-state index in [9.17, 15) is 9.59 Å². The number of hydrogen-bond donors (Lipinski definition) is 0. The number of carbonyl (C=O) groups is 2. The van der Waals surface area contributed by atoms with Crippen LogP contribution >= 0.6 is 11.9 Å². The van der Waals surface area contributed by atoms with Crippen molar-refractivity contribution in [3.8, 4) is 0 Å². The number of rotatable bonds is 12. The maximum absolute atomic E-state index is 13.0. The first-order chi connectivity index (χ1) is 13.2. The van der Waals surface area contributed by atoms with Crippen LogP contribution in [0.3, 0.4) is 0 Å². The fourth-order valence-electron chi connectivity index (χ4n) is 3.74. The smallest absolute Gasteiger partial charge is 0.246 e. The summed E-state index contributed by atoms with van der Waals surface area (Å²) in [6, 6.07) is 9.90. The summed E-state index contributed by atoms with van der Waals surface area (Å²) in [5.41, 5.74) is 1.03. The number of piperidine rings is 1. The van der Waals surface area contributed by atoms with Crippen molar-refractivity contribution in [3.63, 3.8) is 0 Å². The van der Waals surface area contributed by atoms with Gasteiger partial charge in [0.05, 0.1) is 5.92 Å². The molecule has 1 fully saturated rings. The largest absolute Gasteiger partial charge is 0.273 e. The minimum atomic E-state index is -0.173. The molecule has 4 heteroatoms. The Morgan fingerprint density at radius 2 is 1.67 bits per heavy atom. The zero-order chi connectivity index (χ0) is 19.5. The van der Waals surface area contributed by atoms with Gasteiger partial charge in [-0.2, -0.15) is 0 Å². The van der Waals surface area contributed by atoms with E-state index < -0.39 is 0 Å². The molecule has 0 N–H and O–H groups in total. The second kappa shape index (κ2) is 12.2. The lowest BCUT2D eigenvalue weighted by Gasteiger charge is -2.32. The monoisotopic (exact) mass is 389 g/mol. The topological polar surface area (TPSA) is 37.4 Å². The Kier molecular flexibility index (Phi) is 9.96. The Bertz CT molecular complexity index is 575. The normalized spacial score (nSPS) is 18.7. The van der Waals surface area contributed by atoms with Gasteiger partial charge in [-0.3, -0.25) is 9.59 Å². The Labute approximate surface area is 169 Å². The number of hydrogen-bond acceptors (Lipinski definition) is 3. The van der Waals surface area contributed by atoms with E-state index in [4.69, 9.17) is 0 Å². The molecule has 0 aliphatic carbocycles. The van der Waals surface area contributed by atoms with Crippen molar-refractivity contribution in [2.45, 2.75) is 95.6 Å². The molecule has 27 heavy (non-hydrogen) atoms. The zero-order valence-electron chi connectivity index (χ0n) is 17.0. The lowest BCUT2D eigenvalue weighted by molar-refractivity contribution is -0.142. The van der Waals surface area contributed by atoms with Crippen LogP contribution < -0.4 is 0 Å². The van der Waals surface area contributed by atoms with Gasteiger partial charge in [0.15, 0.2) is 0 Å². The summed E-state index contributed by atoms with van der Waals surface area (Å²) in [7, 11) is 0. The summed E-state index contributed by atoms with van der Waals surface area (Å²) in [4.78, 5) is 25.5. The molecule has 1 saturated heterocycles. The van der Waals surface area contributed by atoms with Crippen LogP contribution in [0.1, 0.15) is 96.0 Å². The van der Waals surface area contributed by atoms with E-state index in [1.807, 2.05) is 30.3 Å². The highest BCUT2D eigenvalue weighted by atomic mass is 32.2. The minimum Gasteiger partial charge on any atom is -0.273 e. The third-order valence-electron chi connectivity index (χ3n) is 5.32. The summed E-state index contributed by atoms with van der Waals surface area (Å²) in [6.45, 7) is 4.42. The number of nitrogens with zero attached hydrogens (tertiary/aromatic N) is 1. The van der Waals surface area contributed by atoms with Crippen molar-refractivity contribution in [2.75, 3.05) is 0 Å². The fraction of sp³-hybridized carbons (Fsp3) is 0.652. The van der Waals surface area contributed by atoms with E-state index >= 15 is 0 Å². The SMILES string of the molecule is CCCCCCCCC(CCC)SN1C(=O)CCC(c2ccccc2)C1=O. The second-order valence-corrected chi connectivity index (χ2v) is 8.84. The van der Waals surface area contributed by atoms with Gasteiger partial charge in [-0.25, -0.2) is 4.31 Å². The Balaban J connectivity index is 1.91. The van der Waals surface area contributed by atoms with Crippen LogP contribution in [0.5, 0.6) is 0 Å². The summed E-state index contributed by atoms with van der Waals surface area (Å²) < 4.78 is 1.50. The van der Waals surface area contributed by atoms with Crippen molar-refractivity contribution in [2.24, 2.45) is 0 Å². The molecule has 2 atom stereocenters. The van der Waals surface area contributed by atoms with Gasteiger partial charge in [-0.15, -0.1) is 0 Å². The molecule has 0 spiro atoms. The molecular weight excluding hydrogens is 354 g/mol. The third-order valence-corrected chi connectivity index (χ3v) is 6.68. The Morgan fingerprint density at radius 3 is 2.37 bits per heavy atom. The predicted molar refractivity (Wildman–Crippen MR) is 115 cm³/mol. The molecule has 2 amide bonds. The molecule has 2 rings (SSSR count). The predicted octanol–water partition coefficient (Wildman–Crippen LogP) is 6.49. The quantitative estimate of drug-likeness (QED) is 0.233. The molecule has 150 valence electrons. The fourth-order valence-corrected chi connectivity index (χ4v) is 5.09. The van der Waals surface area contributed by atoms with E-state index in [0.29, 0.717) is 18.1 Å². The van der Waals surface area contributed by atoms with E-state index in [-0.39, 0.29) is 17.7 Å². The van der Waals surface area contributed by atoms with Gasteiger partial charge in [0.1, 0.15) is 0 Å². The van der Waals surface area contributed by atoms with Crippen molar-refractivity contribution in [1.82, 2.24) is 4.31 Å². The summed E-state index contributed by atoms with van der Waals surface area (Å²) in [6.07, 6.45) is 12.0. The van der Waals surface area contributed by atoms with Crippen LogP contribution in [0.25, 0.3) is 0 Å². The van der Waals surface area contributed by atoms with Crippen LogP contribution in [-0.2, 0) is 9.59 Å². The van der Waals surface area contributed by atoms with Gasteiger partial charge in [0.2, 0.25) is 11.8 Å². The molecule has 1 heterocycles. The number of imide groups is 1. The third kappa shape index (κ3) is 6.99. The summed E-state index contributed by atoms with van der Waals surface area (Å²) >= 11 is 1.51. The average molecular weight is 390 g/mol. The first kappa shape index (κ1) is 22.0. The van der Waals surface area contributed by atoms with Gasteiger partial charge in [-0.05, 0) is 36.8 Å². The van der Waals surface area contributed by atoms with E-state index in [1.165, 1.54) is 54.8 Å². The van der Waals surface area contributed by atoms with Gasteiger partial charge in [0, 0.05) is 11.7 Å². The number of carbonyl (C=O) groups excluding carboxylic acids is 2. The van der Waals surface area contributed by atoms with Gasteiger partial charge >= 0.3 is 0 Å². The summed E-state index contributed by atoms with van der Waals surface area (Å²) in [5.74, 6) is -0.208. The van der Waals surface area contributed by atoms with Gasteiger partial charge in [-0.1, -0.05) is 89.1 Å². The lowest BCUT2D eigenvalue weighted by atomic mass is 9.91. The molecule has 0 radical (unpaired) electrons. The van der Waals surface area contributed by atoms with Crippen molar-refractivity contribution < 1.29 is 9.59 Å². The lowest BCUT2D eigenvalue weighted by Crippen LogP contribution is -2.40. The first-order valence-corrected chi connectivity index (χ1v) is 11.6. The second-order valence-electron chi connectivity index (χ2n) is 7.60. The number of benzene rings is 1. The molecule has 1 aliphatic heterocycles. The maximum atomic E-state index is 13.0. The molecule has 1 aliphatic rings. The van der Waals surface area contributed by atoms with E-state index in [1.54, 1.807) is 0 Å². The zero-order valence-corrected chi connectivity index (χ0v) is 17.8. The Hall–Kier alpha value is -1.29. The van der Waals surface area contributed by atoms with Gasteiger partial charge < -0.3 is 0 Å². The highest BCUT2D eigenvalue weighted by Crippen LogP contribution is 2.35. The molecule has 1 aromatic carbocycles. The molecule has 2 unspecified atom stereocenters. The highest BCUT2D eigenvalue weighted by molar-refractivity contribution is 7.98. The number of amides is 2. The molecule has 1 aromatic rings. The van der Waals surface area contributed by atoms with E-state index in [2.05, 4.69) is 13.8 Å². The summed E-state index contributed by atoms with van der Waals surface area (Å²) in [5, 5.41) is 0.364. The maximum Gasteiger partial charge on any atom is 0.246 e. The molecule has 3 nitrogen and oxygen atoms in total. The van der Waals surface area contributed by atoms with E-state index in [0.717, 1.165) is 24.8 Å². The molecule has 0 bridgehead atoms. The minimum absolute atomic E-state index is 0.0128. The van der Waals surface area contributed by atoms with Crippen LogP contribution in [0, 0.1) is 0 Å².